The van der Waals surface area contributed by atoms with Crippen molar-refractivity contribution in [2.45, 2.75) is 0 Å². The van der Waals surface area contributed by atoms with E-state index in [4.69, 9.17) is 22.7 Å². The number of pyridine rings is 1. The molecule has 134 valence electrons. The van der Waals surface area contributed by atoms with E-state index in [1.54, 1.807) is 19.4 Å². The molecule has 0 bridgehead atoms. The highest BCUT2D eigenvalue weighted by molar-refractivity contribution is 8.26. The Bertz CT molecular complexity index is 1130. The van der Waals surface area contributed by atoms with Gasteiger partial charge in [-0.05, 0) is 41.5 Å². The molecular weight excluding hydrogens is 378 g/mol. The highest BCUT2D eigenvalue weighted by atomic mass is 32.2. The van der Waals surface area contributed by atoms with E-state index in [-0.39, 0.29) is 5.91 Å². The molecule has 1 saturated heterocycles. The van der Waals surface area contributed by atoms with Gasteiger partial charge in [-0.2, -0.15) is 0 Å². The first-order chi connectivity index (χ1) is 13.0. The third kappa shape index (κ3) is 3.39. The molecule has 3 N–H and O–H groups in total. The topological polar surface area (TPSA) is 77.2 Å². The maximum Gasteiger partial charge on any atom is 0.263 e. The Hall–Kier alpha value is -2.90. The lowest BCUT2D eigenvalue weighted by Crippen LogP contribution is -2.17. The molecule has 4 rings (SSSR count). The maximum absolute atomic E-state index is 11.9. The second-order valence-electron chi connectivity index (χ2n) is 5.94. The number of carbonyl (C=O) groups excluding carboxylic acids is 1. The minimum Gasteiger partial charge on any atom is -0.496 e. The molecule has 1 aliphatic heterocycles. The summed E-state index contributed by atoms with van der Waals surface area (Å²) in [7, 11) is 1.63. The summed E-state index contributed by atoms with van der Waals surface area (Å²) < 4.78 is 6.00. The van der Waals surface area contributed by atoms with E-state index in [0.717, 1.165) is 33.3 Å². The van der Waals surface area contributed by atoms with Crippen LogP contribution in [0.3, 0.4) is 0 Å². The highest BCUT2D eigenvalue weighted by Gasteiger charge is 2.22. The summed E-state index contributed by atoms with van der Waals surface area (Å²) >= 11 is 6.30. The van der Waals surface area contributed by atoms with Gasteiger partial charge in [0, 0.05) is 22.8 Å². The molecule has 7 heteroatoms. The van der Waals surface area contributed by atoms with Gasteiger partial charge >= 0.3 is 0 Å². The molecule has 5 nitrogen and oxygen atoms in total. The number of ether oxygens (including phenoxy) is 1. The maximum atomic E-state index is 11.9. The number of amides is 1. The lowest BCUT2D eigenvalue weighted by Gasteiger charge is -2.11. The van der Waals surface area contributed by atoms with E-state index in [1.165, 1.54) is 11.8 Å². The number of rotatable bonds is 3. The van der Waals surface area contributed by atoms with Crippen molar-refractivity contribution in [2.75, 3.05) is 12.8 Å². The molecule has 2 aromatic carbocycles. The average molecular weight is 393 g/mol. The van der Waals surface area contributed by atoms with Crippen molar-refractivity contribution in [2.24, 2.45) is 0 Å². The van der Waals surface area contributed by atoms with Crippen molar-refractivity contribution in [3.05, 3.63) is 59.1 Å². The lowest BCUT2D eigenvalue weighted by atomic mass is 9.99. The monoisotopic (exact) mass is 393 g/mol. The molecule has 27 heavy (non-hydrogen) atoms. The number of anilines is 1. The van der Waals surface area contributed by atoms with Gasteiger partial charge in [-0.15, -0.1) is 0 Å². The molecule has 0 radical (unpaired) electrons. The number of thiocarbonyl (C=S) groups is 1. The van der Waals surface area contributed by atoms with Crippen LogP contribution >= 0.6 is 24.0 Å². The molecule has 1 aliphatic rings. The number of fused-ring (bicyclic) bond motifs is 1. The predicted octanol–water partition coefficient (Wildman–Crippen LogP) is 3.98. The van der Waals surface area contributed by atoms with Crippen molar-refractivity contribution in [1.82, 2.24) is 10.3 Å². The lowest BCUT2D eigenvalue weighted by molar-refractivity contribution is -0.115. The van der Waals surface area contributed by atoms with Gasteiger partial charge in [0.2, 0.25) is 0 Å². The van der Waals surface area contributed by atoms with Crippen molar-refractivity contribution in [1.29, 1.82) is 0 Å². The third-order valence-corrected chi connectivity index (χ3v) is 5.41. The number of carbonyl (C=O) groups is 1. The molecule has 0 spiro atoms. The molecule has 2 heterocycles. The minimum atomic E-state index is -0.173. The van der Waals surface area contributed by atoms with Crippen LogP contribution in [0, 0.1) is 0 Å². The fraction of sp³-hybridized carbons (Fsp3) is 0.0500. The van der Waals surface area contributed by atoms with Gasteiger partial charge in [0.05, 0.1) is 17.5 Å². The SMILES string of the molecule is COc1ccc(/C=C2\SC(=S)NC2=O)cc1-c1ccc2c(N)ccnc2c1. The average Bonchev–Trinajstić information content (AvgIpc) is 2.98. The molecule has 0 unspecified atom stereocenters. The predicted molar refractivity (Wildman–Crippen MR) is 114 cm³/mol. The summed E-state index contributed by atoms with van der Waals surface area (Å²) in [6.07, 6.45) is 3.51. The number of thioether (sulfide) groups is 1. The van der Waals surface area contributed by atoms with E-state index in [9.17, 15) is 4.79 Å². The molecule has 0 aliphatic carbocycles. The van der Waals surface area contributed by atoms with Crippen LogP contribution in [0.5, 0.6) is 5.75 Å². The molecule has 0 saturated carbocycles. The summed E-state index contributed by atoms with van der Waals surface area (Å²) in [5.41, 5.74) is 10.3. The molecule has 3 aromatic rings. The number of methoxy groups -OCH3 is 1. The van der Waals surface area contributed by atoms with Crippen LogP contribution in [-0.2, 0) is 4.79 Å². The van der Waals surface area contributed by atoms with E-state index in [0.29, 0.717) is 14.9 Å². The number of hydrogen-bond acceptors (Lipinski definition) is 6. The molecule has 0 atom stereocenters. The smallest absolute Gasteiger partial charge is 0.263 e. The van der Waals surface area contributed by atoms with E-state index >= 15 is 0 Å². The van der Waals surface area contributed by atoms with Crippen LogP contribution in [0.25, 0.3) is 28.1 Å². The Morgan fingerprint density at radius 1 is 1.22 bits per heavy atom. The van der Waals surface area contributed by atoms with Gasteiger partial charge in [0.15, 0.2) is 0 Å². The first-order valence-electron chi connectivity index (χ1n) is 8.12. The number of nitrogen functional groups attached to an aromatic ring is 1. The van der Waals surface area contributed by atoms with Crippen molar-refractivity contribution < 1.29 is 9.53 Å². The van der Waals surface area contributed by atoms with Crippen LogP contribution in [-0.4, -0.2) is 22.3 Å². The van der Waals surface area contributed by atoms with Gasteiger partial charge in [0.25, 0.3) is 5.91 Å². The van der Waals surface area contributed by atoms with E-state index in [1.807, 2.05) is 42.5 Å². The second kappa shape index (κ2) is 7.02. The molecule has 1 amide bonds. The van der Waals surface area contributed by atoms with Crippen LogP contribution < -0.4 is 15.8 Å². The zero-order valence-electron chi connectivity index (χ0n) is 14.4. The van der Waals surface area contributed by atoms with Gasteiger partial charge in [0.1, 0.15) is 10.1 Å². The Balaban J connectivity index is 1.81. The fourth-order valence-electron chi connectivity index (χ4n) is 2.95. The minimum absolute atomic E-state index is 0.173. The zero-order valence-corrected chi connectivity index (χ0v) is 16.0. The molecule has 1 aromatic heterocycles. The summed E-state index contributed by atoms with van der Waals surface area (Å²) in [4.78, 5) is 16.9. The molecular formula is C20H15N3O2S2. The summed E-state index contributed by atoms with van der Waals surface area (Å²) in [6.45, 7) is 0. The second-order valence-corrected chi connectivity index (χ2v) is 7.66. The quantitative estimate of drug-likeness (QED) is 0.518. The normalized spacial score (nSPS) is 15.4. The Kier molecular flexibility index (Phi) is 4.55. The van der Waals surface area contributed by atoms with E-state index in [2.05, 4.69) is 10.3 Å². The van der Waals surface area contributed by atoms with Crippen LogP contribution in [0.4, 0.5) is 5.69 Å². The third-order valence-electron chi connectivity index (χ3n) is 4.25. The first kappa shape index (κ1) is 17.5. The van der Waals surface area contributed by atoms with Crippen molar-refractivity contribution in [3.63, 3.8) is 0 Å². The van der Waals surface area contributed by atoms with Crippen LogP contribution in [0.15, 0.2) is 53.6 Å². The highest BCUT2D eigenvalue weighted by Crippen LogP contribution is 2.35. The standard InChI is InChI=1S/C20H15N3O2S2/c1-25-17-5-2-11(9-18-19(24)23-20(26)27-18)8-14(17)12-3-4-13-15(21)6-7-22-16(13)10-12/h2-10H,1H3,(H2,21,22)(H,23,24,26)/b18-9-. The van der Waals surface area contributed by atoms with E-state index < -0.39 is 0 Å². The number of nitrogens with two attached hydrogens (primary N) is 1. The number of aromatic nitrogens is 1. The molecule has 1 fully saturated rings. The van der Waals surface area contributed by atoms with Crippen molar-refractivity contribution in [3.8, 4) is 16.9 Å². The van der Waals surface area contributed by atoms with Gasteiger partial charge in [-0.1, -0.05) is 42.2 Å². The Morgan fingerprint density at radius 2 is 2.07 bits per heavy atom. The summed E-state index contributed by atoms with van der Waals surface area (Å²) in [5, 5.41) is 3.53. The number of benzene rings is 2. The number of nitrogens with one attached hydrogen (secondary N) is 1. The first-order valence-corrected chi connectivity index (χ1v) is 9.35. The summed E-state index contributed by atoms with van der Waals surface area (Å²) in [5.74, 6) is 0.562. The largest absolute Gasteiger partial charge is 0.496 e. The van der Waals surface area contributed by atoms with Gasteiger partial charge in [-0.3, -0.25) is 9.78 Å². The summed E-state index contributed by atoms with van der Waals surface area (Å²) in [6, 6.07) is 13.5. The number of nitrogens with zero attached hydrogens (tertiary/aromatic N) is 1. The Morgan fingerprint density at radius 3 is 2.81 bits per heavy atom. The van der Waals surface area contributed by atoms with Crippen LogP contribution in [0.1, 0.15) is 5.56 Å². The Labute approximate surface area is 165 Å². The van der Waals surface area contributed by atoms with Gasteiger partial charge in [-0.25, -0.2) is 0 Å². The van der Waals surface area contributed by atoms with Crippen LogP contribution in [0.2, 0.25) is 0 Å². The van der Waals surface area contributed by atoms with Gasteiger partial charge < -0.3 is 15.8 Å². The fourth-order valence-corrected chi connectivity index (χ4v) is 4.00. The number of hydrogen-bond donors (Lipinski definition) is 2. The van der Waals surface area contributed by atoms with Crippen molar-refractivity contribution >= 4 is 56.9 Å². The zero-order chi connectivity index (χ0) is 19.0.